The molecule has 1 saturated heterocycles. The smallest absolute Gasteiger partial charge is 0.268 e. The van der Waals surface area contributed by atoms with E-state index in [0.29, 0.717) is 36.1 Å². The molecule has 1 aliphatic rings. The van der Waals surface area contributed by atoms with E-state index in [1.165, 1.54) is 23.8 Å². The number of aromatic nitrogens is 3. The van der Waals surface area contributed by atoms with Crippen LogP contribution in [0.4, 0.5) is 5.95 Å². The second-order valence-corrected chi connectivity index (χ2v) is 9.47. The second kappa shape index (κ2) is 9.85. The molecule has 4 heterocycles. The number of carbonyl (C=O) groups is 2. The van der Waals surface area contributed by atoms with E-state index in [1.54, 1.807) is 17.2 Å². The van der Waals surface area contributed by atoms with Crippen molar-refractivity contribution in [3.8, 4) is 10.6 Å². The summed E-state index contributed by atoms with van der Waals surface area (Å²) >= 11 is 1.31. The molecule has 35 heavy (non-hydrogen) atoms. The molecule has 0 bridgehead atoms. The van der Waals surface area contributed by atoms with Crippen molar-refractivity contribution < 1.29 is 19.1 Å². The van der Waals surface area contributed by atoms with Crippen molar-refractivity contribution in [1.82, 2.24) is 19.4 Å². The third-order valence-electron chi connectivity index (χ3n) is 6.22. The maximum absolute atomic E-state index is 13.2. The SMILES string of the molecule is C=CC(=O)N1CCC[C@@H](n2c(NC(=O)c3ccc(-c4cnco4)s3)nc3ccc(CO)cc32)CC1. The Bertz CT molecular complexity index is 1370. The number of amides is 2. The molecule has 0 unspecified atom stereocenters. The minimum atomic E-state index is -0.267. The van der Waals surface area contributed by atoms with Crippen LogP contribution in [0.2, 0.25) is 0 Å². The van der Waals surface area contributed by atoms with Gasteiger partial charge in [-0.15, -0.1) is 11.3 Å². The molecule has 2 N–H and O–H groups in total. The van der Waals surface area contributed by atoms with Crippen molar-refractivity contribution in [2.24, 2.45) is 0 Å². The monoisotopic (exact) mass is 491 g/mol. The first-order valence-corrected chi connectivity index (χ1v) is 12.2. The number of oxazole rings is 1. The van der Waals surface area contributed by atoms with Crippen LogP contribution in [-0.4, -0.2) is 49.4 Å². The van der Waals surface area contributed by atoms with E-state index >= 15 is 0 Å². The van der Waals surface area contributed by atoms with Crippen LogP contribution in [0.25, 0.3) is 21.7 Å². The van der Waals surface area contributed by atoms with E-state index in [4.69, 9.17) is 9.40 Å². The lowest BCUT2D eigenvalue weighted by Crippen LogP contribution is -2.30. The molecular weight excluding hydrogens is 466 g/mol. The van der Waals surface area contributed by atoms with Gasteiger partial charge in [0.15, 0.2) is 12.2 Å². The Kier molecular flexibility index (Phi) is 6.47. The molecule has 0 saturated carbocycles. The summed E-state index contributed by atoms with van der Waals surface area (Å²) < 4.78 is 7.37. The first-order chi connectivity index (χ1) is 17.1. The van der Waals surface area contributed by atoms with E-state index in [2.05, 4.69) is 16.9 Å². The number of thiophene rings is 1. The third kappa shape index (κ3) is 4.62. The summed E-state index contributed by atoms with van der Waals surface area (Å²) in [5, 5.41) is 12.7. The number of aliphatic hydroxyl groups excluding tert-OH is 1. The molecule has 1 atom stereocenters. The number of aliphatic hydroxyl groups is 1. The van der Waals surface area contributed by atoms with Gasteiger partial charge in [0.25, 0.3) is 5.91 Å². The summed E-state index contributed by atoms with van der Waals surface area (Å²) in [5.74, 6) is 0.715. The van der Waals surface area contributed by atoms with Crippen LogP contribution in [-0.2, 0) is 11.4 Å². The lowest BCUT2D eigenvalue weighted by molar-refractivity contribution is -0.125. The molecule has 0 radical (unpaired) electrons. The molecule has 9 nitrogen and oxygen atoms in total. The maximum Gasteiger partial charge on any atom is 0.268 e. The highest BCUT2D eigenvalue weighted by Gasteiger charge is 2.25. The van der Waals surface area contributed by atoms with Crippen molar-refractivity contribution in [1.29, 1.82) is 0 Å². The summed E-state index contributed by atoms with van der Waals surface area (Å²) in [6.45, 7) is 4.77. The van der Waals surface area contributed by atoms with Gasteiger partial charge in [-0.1, -0.05) is 12.6 Å². The van der Waals surface area contributed by atoms with Gasteiger partial charge in [0.2, 0.25) is 11.9 Å². The molecule has 1 aliphatic heterocycles. The molecule has 0 spiro atoms. The first-order valence-electron chi connectivity index (χ1n) is 11.4. The van der Waals surface area contributed by atoms with Gasteiger partial charge in [-0.25, -0.2) is 9.97 Å². The molecular formula is C25H25N5O4S. The van der Waals surface area contributed by atoms with E-state index in [0.717, 1.165) is 34.3 Å². The first kappa shape index (κ1) is 23.0. The Morgan fingerprint density at radius 3 is 2.91 bits per heavy atom. The molecule has 4 aromatic rings. The zero-order chi connectivity index (χ0) is 24.4. The summed E-state index contributed by atoms with van der Waals surface area (Å²) in [4.78, 5) is 37.1. The molecule has 180 valence electrons. The number of anilines is 1. The number of nitrogens with one attached hydrogen (secondary N) is 1. The summed E-state index contributed by atoms with van der Waals surface area (Å²) in [5.41, 5.74) is 2.34. The number of nitrogens with zero attached hydrogens (tertiary/aromatic N) is 4. The predicted molar refractivity (Wildman–Crippen MR) is 133 cm³/mol. The lowest BCUT2D eigenvalue weighted by atomic mass is 10.1. The highest BCUT2D eigenvalue weighted by Crippen LogP contribution is 2.33. The summed E-state index contributed by atoms with van der Waals surface area (Å²) in [6, 6.07) is 9.19. The highest BCUT2D eigenvalue weighted by atomic mass is 32.1. The summed E-state index contributed by atoms with van der Waals surface area (Å²) in [6.07, 6.45) is 6.67. The Balaban J connectivity index is 1.47. The van der Waals surface area contributed by atoms with E-state index < -0.39 is 0 Å². The number of hydrogen-bond acceptors (Lipinski definition) is 7. The molecule has 0 aliphatic carbocycles. The fourth-order valence-corrected chi connectivity index (χ4v) is 5.33. The average molecular weight is 492 g/mol. The van der Waals surface area contributed by atoms with Gasteiger partial charge in [0.1, 0.15) is 0 Å². The number of fused-ring (bicyclic) bond motifs is 1. The van der Waals surface area contributed by atoms with Crippen LogP contribution in [0, 0.1) is 0 Å². The number of likely N-dealkylation sites (tertiary alicyclic amines) is 1. The lowest BCUT2D eigenvalue weighted by Gasteiger charge is -2.21. The minimum Gasteiger partial charge on any atom is -0.443 e. The minimum absolute atomic E-state index is 0.0277. The van der Waals surface area contributed by atoms with Crippen LogP contribution in [0.1, 0.15) is 40.5 Å². The Labute approximate surface area is 205 Å². The standard InChI is InChI=1S/C25H25N5O4S/c1-2-23(32)29-10-3-4-17(9-11-29)30-19-12-16(14-31)5-6-18(19)27-25(30)28-24(33)22-8-7-21(35-22)20-13-26-15-34-20/h2,5-8,12-13,15,17,31H,1,3-4,9-11,14H2,(H,27,28,33)/t17-/m1/s1. The van der Waals surface area contributed by atoms with Crippen molar-refractivity contribution >= 4 is 40.1 Å². The van der Waals surface area contributed by atoms with Gasteiger partial charge < -0.3 is 19.0 Å². The zero-order valence-electron chi connectivity index (χ0n) is 19.0. The van der Waals surface area contributed by atoms with Crippen molar-refractivity contribution in [2.75, 3.05) is 18.4 Å². The van der Waals surface area contributed by atoms with E-state index in [-0.39, 0.29) is 24.5 Å². The quantitative estimate of drug-likeness (QED) is 0.390. The van der Waals surface area contributed by atoms with Gasteiger partial charge in [-0.2, -0.15) is 0 Å². The van der Waals surface area contributed by atoms with Crippen LogP contribution in [0.15, 0.2) is 60.0 Å². The van der Waals surface area contributed by atoms with Gasteiger partial charge >= 0.3 is 0 Å². The zero-order valence-corrected chi connectivity index (χ0v) is 19.8. The van der Waals surface area contributed by atoms with Crippen LogP contribution < -0.4 is 5.32 Å². The highest BCUT2D eigenvalue weighted by molar-refractivity contribution is 7.17. The summed E-state index contributed by atoms with van der Waals surface area (Å²) in [7, 11) is 0. The Morgan fingerprint density at radius 1 is 1.26 bits per heavy atom. The fourth-order valence-electron chi connectivity index (χ4n) is 4.47. The average Bonchev–Trinajstić information content (AvgIpc) is 3.60. The number of benzene rings is 1. The Hall–Kier alpha value is -3.76. The van der Waals surface area contributed by atoms with E-state index in [9.17, 15) is 14.7 Å². The number of imidazole rings is 1. The van der Waals surface area contributed by atoms with Crippen molar-refractivity contribution in [3.63, 3.8) is 0 Å². The normalized spacial score (nSPS) is 16.3. The van der Waals surface area contributed by atoms with Gasteiger partial charge in [-0.05, 0) is 55.2 Å². The van der Waals surface area contributed by atoms with Crippen LogP contribution in [0.5, 0.6) is 0 Å². The molecule has 5 rings (SSSR count). The molecule has 10 heteroatoms. The van der Waals surface area contributed by atoms with Crippen LogP contribution in [0.3, 0.4) is 0 Å². The van der Waals surface area contributed by atoms with Crippen LogP contribution >= 0.6 is 11.3 Å². The molecule has 2 amide bonds. The number of carbonyl (C=O) groups excluding carboxylic acids is 2. The second-order valence-electron chi connectivity index (χ2n) is 8.38. The van der Waals surface area contributed by atoms with E-state index in [1.807, 2.05) is 28.8 Å². The van der Waals surface area contributed by atoms with Gasteiger partial charge in [0, 0.05) is 19.1 Å². The number of hydrogen-bond donors (Lipinski definition) is 2. The van der Waals surface area contributed by atoms with Gasteiger partial charge in [-0.3, -0.25) is 14.9 Å². The molecule has 1 aromatic carbocycles. The van der Waals surface area contributed by atoms with Gasteiger partial charge in [0.05, 0.1) is 33.6 Å². The predicted octanol–water partition coefficient (Wildman–Crippen LogP) is 4.24. The third-order valence-corrected chi connectivity index (χ3v) is 7.31. The van der Waals surface area contributed by atoms with Crippen molar-refractivity contribution in [2.45, 2.75) is 31.9 Å². The largest absolute Gasteiger partial charge is 0.443 e. The van der Waals surface area contributed by atoms with Crippen molar-refractivity contribution in [3.05, 3.63) is 66.0 Å². The Morgan fingerprint density at radius 2 is 2.14 bits per heavy atom. The fraction of sp³-hybridized carbons (Fsp3) is 0.280. The molecule has 1 fully saturated rings. The topological polar surface area (TPSA) is 113 Å². The molecule has 3 aromatic heterocycles. The number of rotatable bonds is 6. The maximum atomic E-state index is 13.2.